The lowest BCUT2D eigenvalue weighted by atomic mass is 10.3. The summed E-state index contributed by atoms with van der Waals surface area (Å²) in [5.41, 5.74) is 1.06. The molecule has 0 aromatic carbocycles. The van der Waals surface area contributed by atoms with Gasteiger partial charge in [-0.15, -0.1) is 11.3 Å². The number of thiazole rings is 1. The van der Waals surface area contributed by atoms with Crippen molar-refractivity contribution < 1.29 is 0 Å². The van der Waals surface area contributed by atoms with Crippen LogP contribution in [0.15, 0.2) is 17.8 Å². The zero-order valence-corrected chi connectivity index (χ0v) is 12.3. The normalized spacial score (nSPS) is 12.2. The van der Waals surface area contributed by atoms with E-state index in [1.165, 1.54) is 0 Å². The zero-order chi connectivity index (χ0) is 13.7. The molecule has 0 bridgehead atoms. The molecular weight excluding hydrogens is 258 g/mol. The van der Waals surface area contributed by atoms with Gasteiger partial charge >= 0.3 is 0 Å². The Morgan fingerprint density at radius 3 is 2.79 bits per heavy atom. The largest absolute Gasteiger partial charge is 0.370 e. The Morgan fingerprint density at radius 2 is 2.11 bits per heavy atom. The smallest absolute Gasteiger partial charge is 0.132 e. The second-order valence-electron chi connectivity index (χ2n) is 4.41. The Kier molecular flexibility index (Phi) is 4.68. The van der Waals surface area contributed by atoms with Crippen molar-refractivity contribution in [2.24, 2.45) is 0 Å². The van der Waals surface area contributed by atoms with Crippen molar-refractivity contribution in [3.63, 3.8) is 0 Å². The van der Waals surface area contributed by atoms with Crippen LogP contribution in [0.5, 0.6) is 0 Å². The number of hydrogen-bond acceptors (Lipinski definition) is 6. The highest BCUT2D eigenvalue weighted by atomic mass is 32.1. The lowest BCUT2D eigenvalue weighted by molar-refractivity contribution is 0.853. The first-order valence-electron chi connectivity index (χ1n) is 6.43. The Hall–Kier alpha value is -1.69. The predicted octanol–water partition coefficient (Wildman–Crippen LogP) is 3.24. The molecule has 19 heavy (non-hydrogen) atoms. The number of nitrogens with one attached hydrogen (secondary N) is 2. The Morgan fingerprint density at radius 1 is 1.32 bits per heavy atom. The van der Waals surface area contributed by atoms with E-state index in [1.807, 2.05) is 13.0 Å². The fourth-order valence-electron chi connectivity index (χ4n) is 1.64. The van der Waals surface area contributed by atoms with E-state index in [1.54, 1.807) is 17.7 Å². The van der Waals surface area contributed by atoms with Crippen molar-refractivity contribution in [3.8, 4) is 0 Å². The molecule has 6 heteroatoms. The Labute approximate surface area is 117 Å². The monoisotopic (exact) mass is 277 g/mol. The van der Waals surface area contributed by atoms with Crippen LogP contribution in [0.25, 0.3) is 0 Å². The second-order valence-corrected chi connectivity index (χ2v) is 5.30. The molecule has 0 saturated carbocycles. The predicted molar refractivity (Wildman–Crippen MR) is 79.7 cm³/mol. The summed E-state index contributed by atoms with van der Waals surface area (Å²) in [6.07, 6.45) is 2.64. The molecule has 2 N–H and O–H groups in total. The number of nitrogens with zero attached hydrogens (tertiary/aromatic N) is 3. The Bertz CT molecular complexity index is 525. The van der Waals surface area contributed by atoms with E-state index in [0.717, 1.165) is 35.3 Å². The van der Waals surface area contributed by atoms with Crippen LogP contribution >= 0.6 is 11.3 Å². The van der Waals surface area contributed by atoms with Crippen LogP contribution in [0.3, 0.4) is 0 Å². The summed E-state index contributed by atoms with van der Waals surface area (Å²) in [6, 6.07) is 2.07. The third-order valence-electron chi connectivity index (χ3n) is 2.59. The van der Waals surface area contributed by atoms with Crippen molar-refractivity contribution in [2.45, 2.75) is 33.2 Å². The molecule has 102 valence electrons. The van der Waals surface area contributed by atoms with Crippen LogP contribution in [0.4, 0.5) is 11.6 Å². The maximum absolute atomic E-state index is 4.48. The summed E-state index contributed by atoms with van der Waals surface area (Å²) in [5.74, 6) is 1.66. The van der Waals surface area contributed by atoms with Crippen LogP contribution in [0, 0.1) is 6.92 Å². The van der Waals surface area contributed by atoms with E-state index >= 15 is 0 Å². The summed E-state index contributed by atoms with van der Waals surface area (Å²) in [7, 11) is 0. The van der Waals surface area contributed by atoms with Crippen molar-refractivity contribution in [1.82, 2.24) is 15.0 Å². The van der Waals surface area contributed by atoms with Gasteiger partial charge in [0.1, 0.15) is 23.0 Å². The van der Waals surface area contributed by atoms with Gasteiger partial charge in [-0.05, 0) is 20.3 Å². The molecule has 0 radical (unpaired) electrons. The van der Waals surface area contributed by atoms with Gasteiger partial charge < -0.3 is 10.6 Å². The third-order valence-corrected chi connectivity index (χ3v) is 3.74. The molecule has 0 amide bonds. The first kappa shape index (κ1) is 13.7. The minimum atomic E-state index is 0.146. The van der Waals surface area contributed by atoms with E-state index in [9.17, 15) is 0 Å². The van der Waals surface area contributed by atoms with Gasteiger partial charge in [0, 0.05) is 23.7 Å². The molecule has 0 saturated heterocycles. The summed E-state index contributed by atoms with van der Waals surface area (Å²) < 4.78 is 0. The molecule has 0 aliphatic heterocycles. The molecular formula is C13H19N5S. The van der Waals surface area contributed by atoms with Gasteiger partial charge in [0.15, 0.2) is 0 Å². The lowest BCUT2D eigenvalue weighted by Gasteiger charge is -2.12. The molecule has 5 nitrogen and oxygen atoms in total. The number of aromatic nitrogens is 3. The maximum Gasteiger partial charge on any atom is 0.132 e. The van der Waals surface area contributed by atoms with Gasteiger partial charge in [0.25, 0.3) is 0 Å². The molecule has 0 spiro atoms. The quantitative estimate of drug-likeness (QED) is 0.848. The van der Waals surface area contributed by atoms with Crippen molar-refractivity contribution >= 4 is 23.0 Å². The highest BCUT2D eigenvalue weighted by molar-refractivity contribution is 7.09. The second kappa shape index (κ2) is 6.47. The maximum atomic E-state index is 4.48. The highest BCUT2D eigenvalue weighted by Gasteiger charge is 2.10. The average Bonchev–Trinajstić information content (AvgIpc) is 2.83. The third kappa shape index (κ3) is 3.89. The zero-order valence-electron chi connectivity index (χ0n) is 11.5. The summed E-state index contributed by atoms with van der Waals surface area (Å²) in [5, 5.41) is 9.72. The molecule has 2 aromatic heterocycles. The van der Waals surface area contributed by atoms with Crippen LogP contribution in [-0.2, 0) is 0 Å². The van der Waals surface area contributed by atoms with Crippen molar-refractivity contribution in [1.29, 1.82) is 0 Å². The fourth-order valence-corrected chi connectivity index (χ4v) is 2.44. The van der Waals surface area contributed by atoms with E-state index in [4.69, 9.17) is 0 Å². The van der Waals surface area contributed by atoms with Gasteiger partial charge in [-0.25, -0.2) is 15.0 Å². The van der Waals surface area contributed by atoms with Gasteiger partial charge in [-0.2, -0.15) is 0 Å². The molecule has 2 aromatic rings. The van der Waals surface area contributed by atoms with Gasteiger partial charge in [-0.3, -0.25) is 0 Å². The number of aryl methyl sites for hydroxylation is 1. The molecule has 1 unspecified atom stereocenters. The van der Waals surface area contributed by atoms with E-state index in [2.05, 4.69) is 44.8 Å². The van der Waals surface area contributed by atoms with Gasteiger partial charge in [-0.1, -0.05) is 6.92 Å². The first-order chi connectivity index (χ1) is 9.19. The Balaban J connectivity index is 2.02. The van der Waals surface area contributed by atoms with E-state index < -0.39 is 0 Å². The van der Waals surface area contributed by atoms with Crippen LogP contribution in [-0.4, -0.2) is 21.5 Å². The first-order valence-corrected chi connectivity index (χ1v) is 7.31. The minimum Gasteiger partial charge on any atom is -0.370 e. The number of rotatable bonds is 6. The van der Waals surface area contributed by atoms with Gasteiger partial charge in [0.2, 0.25) is 0 Å². The molecule has 0 aliphatic carbocycles. The van der Waals surface area contributed by atoms with Crippen molar-refractivity contribution in [2.75, 3.05) is 17.2 Å². The number of hydrogen-bond donors (Lipinski definition) is 2. The van der Waals surface area contributed by atoms with E-state index in [-0.39, 0.29) is 6.04 Å². The average molecular weight is 277 g/mol. The highest BCUT2D eigenvalue weighted by Crippen LogP contribution is 2.21. The standard InChI is InChI=1S/C13H19N5S/c1-4-5-14-11-6-12(16-8-15-11)18-10(3)13-17-9(2)7-19-13/h6-8,10H,4-5H2,1-3H3,(H2,14,15,16,18). The van der Waals surface area contributed by atoms with E-state index in [0.29, 0.717) is 0 Å². The van der Waals surface area contributed by atoms with Crippen LogP contribution in [0.1, 0.15) is 37.0 Å². The topological polar surface area (TPSA) is 62.7 Å². The number of anilines is 2. The summed E-state index contributed by atoms with van der Waals surface area (Å²) in [4.78, 5) is 12.9. The molecule has 0 fully saturated rings. The minimum absolute atomic E-state index is 0.146. The van der Waals surface area contributed by atoms with Gasteiger partial charge in [0.05, 0.1) is 6.04 Å². The van der Waals surface area contributed by atoms with Crippen LogP contribution < -0.4 is 10.6 Å². The molecule has 0 aliphatic rings. The molecule has 2 heterocycles. The SMILES string of the molecule is CCCNc1cc(NC(C)c2nc(C)cs2)ncn1. The van der Waals surface area contributed by atoms with Crippen molar-refractivity contribution in [3.05, 3.63) is 28.5 Å². The molecule has 2 rings (SSSR count). The summed E-state index contributed by atoms with van der Waals surface area (Å²) >= 11 is 1.66. The lowest BCUT2D eigenvalue weighted by Crippen LogP contribution is -2.09. The fraction of sp³-hybridized carbons (Fsp3) is 0.462. The van der Waals surface area contributed by atoms with Crippen LogP contribution in [0.2, 0.25) is 0 Å². The summed E-state index contributed by atoms with van der Waals surface area (Å²) in [6.45, 7) is 7.13. The molecule has 1 atom stereocenters.